The number of benzene rings is 1. The maximum Gasteiger partial charge on any atom is 0.335 e. The predicted molar refractivity (Wildman–Crippen MR) is 131 cm³/mol. The van der Waals surface area contributed by atoms with Crippen molar-refractivity contribution in [3.8, 4) is 11.1 Å². The van der Waals surface area contributed by atoms with Crippen molar-refractivity contribution in [3.05, 3.63) is 95.1 Å². The van der Waals surface area contributed by atoms with E-state index < -0.39 is 5.97 Å². The number of rotatable bonds is 2. The van der Waals surface area contributed by atoms with Crippen LogP contribution in [0, 0.1) is 0 Å². The number of hydrogen-bond donors (Lipinski definition) is 3. The Balaban J connectivity index is 0.00000241. The van der Waals surface area contributed by atoms with Crippen molar-refractivity contribution in [2.45, 2.75) is 0 Å². The summed E-state index contributed by atoms with van der Waals surface area (Å²) in [6, 6.07) is 21.0. The van der Waals surface area contributed by atoms with Gasteiger partial charge in [0, 0.05) is 47.1 Å². The zero-order valence-electron chi connectivity index (χ0n) is 18.1. The number of carboxylic acids is 1. The molecule has 0 radical (unpaired) electrons. The molecule has 0 saturated carbocycles. The smallest absolute Gasteiger partial charge is 0.335 e. The summed E-state index contributed by atoms with van der Waals surface area (Å²) in [5.74, 6) is -0.942. The molecule has 0 spiro atoms. The molecule has 3 aromatic heterocycles. The van der Waals surface area contributed by atoms with Crippen LogP contribution >= 0.6 is 0 Å². The van der Waals surface area contributed by atoms with E-state index in [4.69, 9.17) is 9.97 Å². The first-order chi connectivity index (χ1) is 16.1. The van der Waals surface area contributed by atoms with Crippen LogP contribution in [0.5, 0.6) is 0 Å². The minimum Gasteiger partial charge on any atom is -0.478 e. The summed E-state index contributed by atoms with van der Waals surface area (Å²) < 4.78 is 0. The number of nitrogens with one attached hydrogen (secondary N) is 2. The van der Waals surface area contributed by atoms with Crippen molar-refractivity contribution >= 4 is 52.3 Å². The standard InChI is InChI=1S/C27H18N4O2.Zn/c32-27(33)17-3-1-16(2-4-17)25-14-24-13-22-8-7-20(29-22)11-18-5-6-19(28-18)12-21-9-10-23(30-21)15-26(25)31-24;/h1-15,28,31H,(H,32,33);. The molecule has 0 fully saturated rings. The zero-order valence-corrected chi connectivity index (χ0v) is 21.1. The fourth-order valence-corrected chi connectivity index (χ4v) is 4.05. The number of fused-ring (bicyclic) bond motifs is 8. The number of aromatic amines is 2. The molecule has 160 valence electrons. The van der Waals surface area contributed by atoms with Gasteiger partial charge in [0.25, 0.3) is 0 Å². The number of carboxylic acid groups (broad SMARTS) is 1. The van der Waals surface area contributed by atoms with Gasteiger partial charge in [0.2, 0.25) is 0 Å². The second-order valence-electron chi connectivity index (χ2n) is 7.97. The number of aromatic nitrogens is 4. The molecule has 3 N–H and O–H groups in total. The maximum absolute atomic E-state index is 11.2. The molecule has 0 saturated heterocycles. The minimum atomic E-state index is -0.942. The van der Waals surface area contributed by atoms with Gasteiger partial charge >= 0.3 is 5.97 Å². The van der Waals surface area contributed by atoms with E-state index in [-0.39, 0.29) is 25.0 Å². The van der Waals surface area contributed by atoms with Crippen LogP contribution in [-0.4, -0.2) is 31.0 Å². The quantitative estimate of drug-likeness (QED) is 0.256. The van der Waals surface area contributed by atoms with E-state index in [2.05, 4.69) is 9.97 Å². The van der Waals surface area contributed by atoms with Crippen molar-refractivity contribution in [2.24, 2.45) is 0 Å². The molecule has 1 aromatic carbocycles. The fraction of sp³-hybridized carbons (Fsp3) is 0. The normalized spacial score (nSPS) is 11.9. The van der Waals surface area contributed by atoms with Gasteiger partial charge in [-0.3, -0.25) is 0 Å². The molecular weight excluding hydrogens is 478 g/mol. The van der Waals surface area contributed by atoms with Crippen molar-refractivity contribution in [1.29, 1.82) is 0 Å². The van der Waals surface area contributed by atoms with E-state index in [1.165, 1.54) is 0 Å². The molecule has 0 atom stereocenters. The zero-order chi connectivity index (χ0) is 22.4. The molecule has 7 heteroatoms. The summed E-state index contributed by atoms with van der Waals surface area (Å²) in [5, 5.41) is 9.23. The van der Waals surface area contributed by atoms with Gasteiger partial charge in [-0.1, -0.05) is 12.1 Å². The average Bonchev–Trinajstić information content (AvgIpc) is 3.59. The van der Waals surface area contributed by atoms with E-state index in [1.807, 2.05) is 78.9 Å². The van der Waals surface area contributed by atoms with Gasteiger partial charge in [0.15, 0.2) is 0 Å². The first kappa shape index (κ1) is 21.7. The van der Waals surface area contributed by atoms with Crippen LogP contribution < -0.4 is 0 Å². The Kier molecular flexibility index (Phi) is 5.56. The SMILES string of the molecule is O=C(O)c1ccc(-c2cc3cc4nc(cc5ccc(cc6nc(cc2[nH]3)C=C6)[nH]5)C=C4)cc1.[Zn]. The molecular formula is C27H18N4O2Zn. The number of aromatic carboxylic acids is 1. The largest absolute Gasteiger partial charge is 0.478 e. The van der Waals surface area contributed by atoms with Gasteiger partial charge < -0.3 is 15.1 Å². The molecule has 2 aliphatic rings. The molecule has 34 heavy (non-hydrogen) atoms. The van der Waals surface area contributed by atoms with Crippen molar-refractivity contribution < 1.29 is 29.4 Å². The molecule has 2 aliphatic heterocycles. The first-order valence-electron chi connectivity index (χ1n) is 10.5. The van der Waals surface area contributed by atoms with Gasteiger partial charge in [-0.25, -0.2) is 14.8 Å². The second kappa shape index (κ2) is 8.69. The Labute approximate surface area is 207 Å². The van der Waals surface area contributed by atoms with Crippen LogP contribution in [0.1, 0.15) is 33.1 Å². The molecule has 0 unspecified atom stereocenters. The summed E-state index contributed by atoms with van der Waals surface area (Å²) in [7, 11) is 0. The van der Waals surface area contributed by atoms with Gasteiger partial charge in [-0.05, 0) is 84.5 Å². The number of carbonyl (C=O) groups is 1. The van der Waals surface area contributed by atoms with E-state index in [0.717, 1.165) is 56.0 Å². The van der Waals surface area contributed by atoms with Gasteiger partial charge in [0.1, 0.15) is 0 Å². The molecule has 8 bridgehead atoms. The van der Waals surface area contributed by atoms with Crippen molar-refractivity contribution in [3.63, 3.8) is 0 Å². The molecule has 0 aliphatic carbocycles. The van der Waals surface area contributed by atoms with Crippen molar-refractivity contribution in [1.82, 2.24) is 19.9 Å². The Morgan fingerprint density at radius 3 is 1.74 bits per heavy atom. The summed E-state index contributed by atoms with van der Waals surface area (Å²) in [5.41, 5.74) is 9.29. The Hall–Kier alpha value is -4.09. The number of H-pyrrole nitrogens is 2. The van der Waals surface area contributed by atoms with Crippen molar-refractivity contribution in [2.75, 3.05) is 0 Å². The van der Waals surface area contributed by atoms with Crippen LogP contribution in [0.15, 0.2) is 66.7 Å². The van der Waals surface area contributed by atoms with E-state index in [1.54, 1.807) is 12.1 Å². The molecule has 5 heterocycles. The number of nitrogens with zero attached hydrogens (tertiary/aromatic N) is 2. The third kappa shape index (κ3) is 4.26. The molecule has 6 rings (SSSR count). The minimum absolute atomic E-state index is 0. The van der Waals surface area contributed by atoms with E-state index in [9.17, 15) is 9.90 Å². The Morgan fingerprint density at radius 1 is 0.647 bits per heavy atom. The van der Waals surface area contributed by atoms with E-state index in [0.29, 0.717) is 0 Å². The van der Waals surface area contributed by atoms with Crippen LogP contribution in [0.4, 0.5) is 0 Å². The van der Waals surface area contributed by atoms with Crippen LogP contribution in [-0.2, 0) is 19.5 Å². The Bertz CT molecular complexity index is 1640. The monoisotopic (exact) mass is 494 g/mol. The maximum atomic E-state index is 11.2. The molecule has 0 amide bonds. The summed E-state index contributed by atoms with van der Waals surface area (Å²) in [6.45, 7) is 0. The molecule has 4 aromatic rings. The van der Waals surface area contributed by atoms with E-state index >= 15 is 0 Å². The Morgan fingerprint density at radius 2 is 1.18 bits per heavy atom. The third-order valence-corrected chi connectivity index (χ3v) is 5.61. The average molecular weight is 496 g/mol. The number of hydrogen-bond acceptors (Lipinski definition) is 3. The fourth-order valence-electron chi connectivity index (χ4n) is 4.05. The topological polar surface area (TPSA) is 94.7 Å². The third-order valence-electron chi connectivity index (χ3n) is 5.61. The predicted octanol–water partition coefficient (Wildman–Crippen LogP) is 6.02. The molecule has 6 nitrogen and oxygen atoms in total. The van der Waals surface area contributed by atoms with Crippen LogP contribution in [0.3, 0.4) is 0 Å². The summed E-state index contributed by atoms with van der Waals surface area (Å²) in [4.78, 5) is 27.5. The summed E-state index contributed by atoms with van der Waals surface area (Å²) in [6.07, 6.45) is 7.93. The first-order valence-corrected chi connectivity index (χ1v) is 10.5. The van der Waals surface area contributed by atoms with Crippen LogP contribution in [0.2, 0.25) is 0 Å². The van der Waals surface area contributed by atoms with Crippen LogP contribution in [0.25, 0.3) is 57.5 Å². The van der Waals surface area contributed by atoms with Gasteiger partial charge in [-0.15, -0.1) is 0 Å². The van der Waals surface area contributed by atoms with Gasteiger partial charge in [-0.2, -0.15) is 0 Å². The van der Waals surface area contributed by atoms with Gasteiger partial charge in [0.05, 0.1) is 28.3 Å². The summed E-state index contributed by atoms with van der Waals surface area (Å²) >= 11 is 0. The second-order valence-corrected chi connectivity index (χ2v) is 7.97.